The Morgan fingerprint density at radius 2 is 1.62 bits per heavy atom. The Kier molecular flexibility index (Phi) is 4.55. The van der Waals surface area contributed by atoms with E-state index in [4.69, 9.17) is 4.74 Å². The number of hydrogen-bond acceptors (Lipinski definition) is 3. The second kappa shape index (κ2) is 6.78. The van der Waals surface area contributed by atoms with Gasteiger partial charge in [0.1, 0.15) is 17.2 Å². The number of amides is 1. The Morgan fingerprint density at radius 1 is 1.00 bits per heavy atom. The molecule has 1 fully saturated rings. The molecule has 1 aliphatic carbocycles. The van der Waals surface area contributed by atoms with Gasteiger partial charge in [-0.25, -0.2) is 13.6 Å². The summed E-state index contributed by atoms with van der Waals surface area (Å²) in [5.41, 5.74) is -0.376. The Balaban J connectivity index is 1.85. The van der Waals surface area contributed by atoms with Gasteiger partial charge in [-0.1, -0.05) is 36.4 Å². The maximum Gasteiger partial charge on any atom is 0.345 e. The largest absolute Gasteiger partial charge is 0.444 e. The first-order valence-electron chi connectivity index (χ1n) is 7.56. The van der Waals surface area contributed by atoms with Crippen LogP contribution >= 0.6 is 0 Å². The Hall–Kier alpha value is -2.76. The lowest BCUT2D eigenvalue weighted by atomic mass is 10.1. The molecular weight excluding hydrogens is 316 g/mol. The van der Waals surface area contributed by atoms with Crippen molar-refractivity contribution in [3.8, 4) is 0 Å². The van der Waals surface area contributed by atoms with Crippen molar-refractivity contribution in [2.24, 2.45) is 0 Å². The highest BCUT2D eigenvalue weighted by molar-refractivity contribution is 5.93. The van der Waals surface area contributed by atoms with Crippen LogP contribution in [0.15, 0.2) is 48.5 Å². The molecular formula is C18H15F2NO3. The molecule has 0 unspecified atom stereocenters. The fourth-order valence-corrected chi connectivity index (χ4v) is 2.26. The van der Waals surface area contributed by atoms with Crippen LogP contribution in [0.2, 0.25) is 0 Å². The number of benzene rings is 2. The lowest BCUT2D eigenvalue weighted by Crippen LogP contribution is -2.33. The van der Waals surface area contributed by atoms with Gasteiger partial charge in [0.25, 0.3) is 5.91 Å². The molecule has 24 heavy (non-hydrogen) atoms. The summed E-state index contributed by atoms with van der Waals surface area (Å²) in [5, 5.41) is 2.73. The van der Waals surface area contributed by atoms with Gasteiger partial charge in [0.2, 0.25) is 6.10 Å². The van der Waals surface area contributed by atoms with Gasteiger partial charge in [0.05, 0.1) is 0 Å². The van der Waals surface area contributed by atoms with Crippen molar-refractivity contribution in [2.75, 3.05) is 0 Å². The number of rotatable bonds is 5. The number of carbonyl (C=O) groups excluding carboxylic acids is 2. The molecule has 2 aromatic carbocycles. The third-order valence-electron chi connectivity index (χ3n) is 3.66. The second-order valence-corrected chi connectivity index (χ2v) is 5.58. The molecule has 2 aromatic rings. The third-order valence-corrected chi connectivity index (χ3v) is 3.66. The molecule has 0 radical (unpaired) electrons. The van der Waals surface area contributed by atoms with Crippen LogP contribution in [-0.2, 0) is 9.53 Å². The SMILES string of the molecule is O=C(O[C@@H](C(=O)NC1CC1)c1ccccc1)c1c(F)cccc1F. The highest BCUT2D eigenvalue weighted by atomic mass is 19.1. The quantitative estimate of drug-likeness (QED) is 0.857. The first-order chi connectivity index (χ1) is 11.6. The Bertz CT molecular complexity index is 740. The molecule has 1 amide bonds. The van der Waals surface area contributed by atoms with E-state index in [0.29, 0.717) is 5.56 Å². The first-order valence-corrected chi connectivity index (χ1v) is 7.56. The number of hydrogen-bond donors (Lipinski definition) is 1. The zero-order chi connectivity index (χ0) is 17.1. The van der Waals surface area contributed by atoms with E-state index in [-0.39, 0.29) is 6.04 Å². The molecule has 124 valence electrons. The Labute approximate surface area is 137 Å². The zero-order valence-electron chi connectivity index (χ0n) is 12.7. The summed E-state index contributed by atoms with van der Waals surface area (Å²) in [5.74, 6) is -3.79. The van der Waals surface area contributed by atoms with Crippen LogP contribution in [0.3, 0.4) is 0 Å². The highest BCUT2D eigenvalue weighted by Gasteiger charge is 2.32. The van der Waals surface area contributed by atoms with E-state index in [0.717, 1.165) is 31.0 Å². The van der Waals surface area contributed by atoms with Gasteiger partial charge in [0, 0.05) is 11.6 Å². The van der Waals surface area contributed by atoms with Gasteiger partial charge >= 0.3 is 5.97 Å². The molecule has 0 saturated heterocycles. The molecule has 4 nitrogen and oxygen atoms in total. The van der Waals surface area contributed by atoms with Crippen molar-refractivity contribution >= 4 is 11.9 Å². The van der Waals surface area contributed by atoms with Gasteiger partial charge in [-0.05, 0) is 25.0 Å². The molecule has 1 saturated carbocycles. The van der Waals surface area contributed by atoms with Crippen LogP contribution in [0.1, 0.15) is 34.9 Å². The maximum atomic E-state index is 13.7. The van der Waals surface area contributed by atoms with E-state index in [1.54, 1.807) is 30.3 Å². The standard InChI is InChI=1S/C18H15F2NO3/c19-13-7-4-8-14(20)15(13)18(23)24-16(11-5-2-1-3-6-11)17(22)21-12-9-10-12/h1-8,12,16H,9-10H2,(H,21,22)/t16-/m1/s1. The summed E-state index contributed by atoms with van der Waals surface area (Å²) in [6.07, 6.45) is 0.463. The normalized spacial score (nSPS) is 14.8. The molecule has 1 N–H and O–H groups in total. The topological polar surface area (TPSA) is 55.4 Å². The number of carbonyl (C=O) groups is 2. The molecule has 1 atom stereocenters. The molecule has 0 heterocycles. The van der Waals surface area contributed by atoms with Crippen molar-refractivity contribution in [3.63, 3.8) is 0 Å². The average Bonchev–Trinajstić information content (AvgIpc) is 3.37. The summed E-state index contributed by atoms with van der Waals surface area (Å²) in [4.78, 5) is 24.5. The molecule has 0 aliphatic heterocycles. The zero-order valence-corrected chi connectivity index (χ0v) is 12.7. The predicted octanol–water partition coefficient (Wildman–Crippen LogP) is 3.14. The van der Waals surface area contributed by atoms with E-state index >= 15 is 0 Å². The smallest absolute Gasteiger partial charge is 0.345 e. The van der Waals surface area contributed by atoms with Gasteiger partial charge in [-0.3, -0.25) is 4.79 Å². The molecule has 0 aromatic heterocycles. The van der Waals surface area contributed by atoms with E-state index < -0.39 is 35.2 Å². The van der Waals surface area contributed by atoms with Crippen molar-refractivity contribution in [3.05, 3.63) is 71.3 Å². The lowest BCUT2D eigenvalue weighted by Gasteiger charge is -2.18. The van der Waals surface area contributed by atoms with Gasteiger partial charge < -0.3 is 10.1 Å². The van der Waals surface area contributed by atoms with Crippen LogP contribution < -0.4 is 5.32 Å². The van der Waals surface area contributed by atoms with Crippen LogP contribution in [0, 0.1) is 11.6 Å². The fourth-order valence-electron chi connectivity index (χ4n) is 2.26. The number of ether oxygens (including phenoxy) is 1. The van der Waals surface area contributed by atoms with Crippen LogP contribution in [0.25, 0.3) is 0 Å². The molecule has 1 aliphatic rings. The minimum absolute atomic E-state index is 0.0626. The minimum Gasteiger partial charge on any atom is -0.444 e. The van der Waals surface area contributed by atoms with E-state index in [1.165, 1.54) is 0 Å². The summed E-state index contributed by atoms with van der Waals surface area (Å²) >= 11 is 0. The maximum absolute atomic E-state index is 13.7. The van der Waals surface area contributed by atoms with Crippen LogP contribution in [0.5, 0.6) is 0 Å². The molecule has 0 bridgehead atoms. The Morgan fingerprint density at radius 3 is 2.21 bits per heavy atom. The van der Waals surface area contributed by atoms with Crippen molar-refractivity contribution in [1.82, 2.24) is 5.32 Å². The van der Waals surface area contributed by atoms with Crippen LogP contribution in [-0.4, -0.2) is 17.9 Å². The van der Waals surface area contributed by atoms with Gasteiger partial charge in [-0.15, -0.1) is 0 Å². The van der Waals surface area contributed by atoms with E-state index in [2.05, 4.69) is 5.32 Å². The molecule has 6 heteroatoms. The fraction of sp³-hybridized carbons (Fsp3) is 0.222. The molecule has 0 spiro atoms. The highest BCUT2D eigenvalue weighted by Crippen LogP contribution is 2.25. The predicted molar refractivity (Wildman–Crippen MR) is 82.1 cm³/mol. The number of nitrogens with one attached hydrogen (secondary N) is 1. The van der Waals surface area contributed by atoms with Crippen molar-refractivity contribution in [1.29, 1.82) is 0 Å². The van der Waals surface area contributed by atoms with Crippen molar-refractivity contribution < 1.29 is 23.1 Å². The summed E-state index contributed by atoms with van der Waals surface area (Å²) in [6, 6.07) is 11.5. The van der Waals surface area contributed by atoms with E-state index in [1.807, 2.05) is 0 Å². The summed E-state index contributed by atoms with van der Waals surface area (Å²) in [6.45, 7) is 0. The summed E-state index contributed by atoms with van der Waals surface area (Å²) in [7, 11) is 0. The van der Waals surface area contributed by atoms with Gasteiger partial charge in [0.15, 0.2) is 0 Å². The van der Waals surface area contributed by atoms with Crippen LogP contribution in [0.4, 0.5) is 8.78 Å². The third kappa shape index (κ3) is 3.59. The number of halogens is 2. The van der Waals surface area contributed by atoms with Crippen molar-refractivity contribution in [2.45, 2.75) is 25.0 Å². The average molecular weight is 331 g/mol. The monoisotopic (exact) mass is 331 g/mol. The summed E-state index contributed by atoms with van der Waals surface area (Å²) < 4.78 is 32.6. The first kappa shape index (κ1) is 16.1. The van der Waals surface area contributed by atoms with Gasteiger partial charge in [-0.2, -0.15) is 0 Å². The lowest BCUT2D eigenvalue weighted by molar-refractivity contribution is -0.130. The minimum atomic E-state index is -1.27. The number of esters is 1. The molecule has 3 rings (SSSR count). The second-order valence-electron chi connectivity index (χ2n) is 5.58. The van der Waals surface area contributed by atoms with E-state index in [9.17, 15) is 18.4 Å².